The maximum absolute atomic E-state index is 12.7. The first-order valence-corrected chi connectivity index (χ1v) is 9.10. The standard InChI is InChI=1S/C21H22N2O5/c1-14-17(21(27)23-10-2-3-11-23)8-5-9-18(14)22-20(26)15-6-4-7-16(12-15)28-13-19(24)25/h4-9,12H,2-3,10-11,13H2,1H3,(H,22,26)(H,24,25). The molecular weight excluding hydrogens is 360 g/mol. The Morgan fingerprint density at radius 3 is 2.54 bits per heavy atom. The van der Waals surface area contributed by atoms with Crippen molar-refractivity contribution in [2.45, 2.75) is 19.8 Å². The summed E-state index contributed by atoms with van der Waals surface area (Å²) < 4.78 is 5.11. The third-order valence-electron chi connectivity index (χ3n) is 4.66. The van der Waals surface area contributed by atoms with Crippen LogP contribution in [0.3, 0.4) is 0 Å². The molecule has 0 aliphatic carbocycles. The minimum atomic E-state index is -1.09. The van der Waals surface area contributed by atoms with Crippen LogP contribution in [-0.4, -0.2) is 47.5 Å². The third-order valence-corrected chi connectivity index (χ3v) is 4.66. The molecule has 2 aromatic carbocycles. The van der Waals surface area contributed by atoms with Gasteiger partial charge in [0.1, 0.15) is 5.75 Å². The fourth-order valence-corrected chi connectivity index (χ4v) is 3.16. The van der Waals surface area contributed by atoms with Crippen LogP contribution < -0.4 is 10.1 Å². The van der Waals surface area contributed by atoms with E-state index in [2.05, 4.69) is 5.32 Å². The van der Waals surface area contributed by atoms with Crippen LogP contribution in [0.15, 0.2) is 42.5 Å². The Kier molecular flexibility index (Phi) is 5.93. The molecule has 7 heteroatoms. The van der Waals surface area contributed by atoms with Crippen LogP contribution >= 0.6 is 0 Å². The summed E-state index contributed by atoms with van der Waals surface area (Å²) in [5.41, 5.74) is 2.19. The molecule has 1 aliphatic heterocycles. The molecule has 2 aromatic rings. The number of hydrogen-bond acceptors (Lipinski definition) is 4. The SMILES string of the molecule is Cc1c(NC(=O)c2cccc(OCC(=O)O)c2)cccc1C(=O)N1CCCC1. The first-order chi connectivity index (χ1) is 13.5. The van der Waals surface area contributed by atoms with Gasteiger partial charge in [-0.15, -0.1) is 0 Å². The molecule has 1 saturated heterocycles. The molecule has 0 atom stereocenters. The zero-order valence-electron chi connectivity index (χ0n) is 15.6. The van der Waals surface area contributed by atoms with Crippen LogP contribution in [0.1, 0.15) is 39.1 Å². The molecule has 3 rings (SSSR count). The van der Waals surface area contributed by atoms with E-state index in [0.29, 0.717) is 28.1 Å². The molecule has 1 heterocycles. The predicted octanol–water partition coefficient (Wildman–Crippen LogP) is 2.95. The second-order valence-corrected chi connectivity index (χ2v) is 6.64. The van der Waals surface area contributed by atoms with Gasteiger partial charge >= 0.3 is 5.97 Å². The average Bonchev–Trinajstić information content (AvgIpc) is 3.22. The molecule has 28 heavy (non-hydrogen) atoms. The Hall–Kier alpha value is -3.35. The molecule has 0 aromatic heterocycles. The third kappa shape index (κ3) is 4.49. The Bertz CT molecular complexity index is 903. The number of amides is 2. The fraction of sp³-hybridized carbons (Fsp3) is 0.286. The van der Waals surface area contributed by atoms with Crippen molar-refractivity contribution in [2.75, 3.05) is 25.0 Å². The lowest BCUT2D eigenvalue weighted by Crippen LogP contribution is -2.28. The largest absolute Gasteiger partial charge is 0.482 e. The van der Waals surface area contributed by atoms with Crippen LogP contribution in [0, 0.1) is 6.92 Å². The number of carbonyl (C=O) groups excluding carboxylic acids is 2. The van der Waals surface area contributed by atoms with Crippen LogP contribution in [0.4, 0.5) is 5.69 Å². The van der Waals surface area contributed by atoms with Crippen molar-refractivity contribution in [3.8, 4) is 5.75 Å². The van der Waals surface area contributed by atoms with Gasteiger partial charge in [0, 0.05) is 29.9 Å². The van der Waals surface area contributed by atoms with E-state index < -0.39 is 12.6 Å². The molecule has 0 radical (unpaired) electrons. The second-order valence-electron chi connectivity index (χ2n) is 6.64. The Morgan fingerprint density at radius 2 is 1.82 bits per heavy atom. The average molecular weight is 382 g/mol. The summed E-state index contributed by atoms with van der Waals surface area (Å²) >= 11 is 0. The molecule has 0 spiro atoms. The number of anilines is 1. The summed E-state index contributed by atoms with van der Waals surface area (Å²) in [7, 11) is 0. The molecule has 0 saturated carbocycles. The Balaban J connectivity index is 1.75. The summed E-state index contributed by atoms with van der Waals surface area (Å²) in [5.74, 6) is -1.18. The highest BCUT2D eigenvalue weighted by Gasteiger charge is 2.22. The summed E-state index contributed by atoms with van der Waals surface area (Å²) in [6.45, 7) is 2.85. The van der Waals surface area contributed by atoms with Gasteiger partial charge in [0.2, 0.25) is 0 Å². The summed E-state index contributed by atoms with van der Waals surface area (Å²) in [6, 6.07) is 11.6. The second kappa shape index (κ2) is 8.56. The smallest absolute Gasteiger partial charge is 0.341 e. The number of nitrogens with zero attached hydrogens (tertiary/aromatic N) is 1. The highest BCUT2D eigenvalue weighted by atomic mass is 16.5. The molecule has 0 bridgehead atoms. The maximum Gasteiger partial charge on any atom is 0.341 e. The number of carboxylic acid groups (broad SMARTS) is 1. The molecule has 2 amide bonds. The lowest BCUT2D eigenvalue weighted by molar-refractivity contribution is -0.139. The number of nitrogens with one attached hydrogen (secondary N) is 1. The molecular formula is C21H22N2O5. The summed E-state index contributed by atoms with van der Waals surface area (Å²) in [4.78, 5) is 37.8. The number of carboxylic acids is 1. The topological polar surface area (TPSA) is 95.9 Å². The first kappa shape index (κ1) is 19.4. The van der Waals surface area contributed by atoms with Crippen molar-refractivity contribution in [3.05, 3.63) is 59.2 Å². The summed E-state index contributed by atoms with van der Waals surface area (Å²) in [6.07, 6.45) is 2.03. The molecule has 0 unspecified atom stereocenters. The Labute approximate surface area is 162 Å². The van der Waals surface area contributed by atoms with Gasteiger partial charge in [-0.1, -0.05) is 12.1 Å². The van der Waals surface area contributed by atoms with E-state index in [1.54, 1.807) is 36.4 Å². The van der Waals surface area contributed by atoms with Crippen LogP contribution in [0.2, 0.25) is 0 Å². The molecule has 1 fully saturated rings. The van der Waals surface area contributed by atoms with Gasteiger partial charge in [-0.2, -0.15) is 0 Å². The minimum absolute atomic E-state index is 0.0184. The van der Waals surface area contributed by atoms with Gasteiger partial charge < -0.3 is 20.1 Å². The van der Waals surface area contributed by atoms with E-state index >= 15 is 0 Å². The molecule has 2 N–H and O–H groups in total. The lowest BCUT2D eigenvalue weighted by Gasteiger charge is -2.18. The summed E-state index contributed by atoms with van der Waals surface area (Å²) in [5, 5.41) is 11.5. The van der Waals surface area contributed by atoms with E-state index in [9.17, 15) is 14.4 Å². The minimum Gasteiger partial charge on any atom is -0.482 e. The van der Waals surface area contributed by atoms with Crippen molar-refractivity contribution >= 4 is 23.5 Å². The monoisotopic (exact) mass is 382 g/mol. The molecule has 1 aliphatic rings. The van der Waals surface area contributed by atoms with E-state index in [0.717, 1.165) is 25.9 Å². The number of carbonyl (C=O) groups is 3. The van der Waals surface area contributed by atoms with E-state index in [1.165, 1.54) is 6.07 Å². The van der Waals surface area contributed by atoms with Gasteiger partial charge in [0.05, 0.1) is 0 Å². The van der Waals surface area contributed by atoms with Gasteiger partial charge in [-0.3, -0.25) is 9.59 Å². The van der Waals surface area contributed by atoms with E-state index in [-0.39, 0.29) is 11.8 Å². The number of hydrogen-bond donors (Lipinski definition) is 2. The zero-order chi connectivity index (χ0) is 20.1. The highest BCUT2D eigenvalue weighted by Crippen LogP contribution is 2.23. The predicted molar refractivity (Wildman–Crippen MR) is 104 cm³/mol. The van der Waals surface area contributed by atoms with Gasteiger partial charge in [0.25, 0.3) is 11.8 Å². The van der Waals surface area contributed by atoms with Crippen LogP contribution in [0.5, 0.6) is 5.75 Å². The first-order valence-electron chi connectivity index (χ1n) is 9.10. The van der Waals surface area contributed by atoms with Crippen molar-refractivity contribution in [3.63, 3.8) is 0 Å². The highest BCUT2D eigenvalue weighted by molar-refractivity contribution is 6.06. The number of ether oxygens (including phenoxy) is 1. The number of aliphatic carboxylic acids is 1. The zero-order valence-corrected chi connectivity index (χ0v) is 15.6. The van der Waals surface area contributed by atoms with Crippen molar-refractivity contribution in [1.29, 1.82) is 0 Å². The number of rotatable bonds is 6. The van der Waals surface area contributed by atoms with E-state index in [4.69, 9.17) is 9.84 Å². The van der Waals surface area contributed by atoms with Gasteiger partial charge in [-0.05, 0) is 55.7 Å². The van der Waals surface area contributed by atoms with Crippen LogP contribution in [-0.2, 0) is 4.79 Å². The van der Waals surface area contributed by atoms with Crippen molar-refractivity contribution < 1.29 is 24.2 Å². The van der Waals surface area contributed by atoms with Crippen molar-refractivity contribution in [2.24, 2.45) is 0 Å². The Morgan fingerprint density at radius 1 is 1.11 bits per heavy atom. The van der Waals surface area contributed by atoms with E-state index in [1.807, 2.05) is 11.8 Å². The quantitative estimate of drug-likeness (QED) is 0.801. The lowest BCUT2D eigenvalue weighted by atomic mass is 10.0. The van der Waals surface area contributed by atoms with Crippen LogP contribution in [0.25, 0.3) is 0 Å². The number of benzene rings is 2. The van der Waals surface area contributed by atoms with Gasteiger partial charge in [-0.25, -0.2) is 4.79 Å². The molecule has 7 nitrogen and oxygen atoms in total. The van der Waals surface area contributed by atoms with Gasteiger partial charge in [0.15, 0.2) is 6.61 Å². The normalized spacial score (nSPS) is 13.2. The number of likely N-dealkylation sites (tertiary alicyclic amines) is 1. The maximum atomic E-state index is 12.7. The fourth-order valence-electron chi connectivity index (χ4n) is 3.16. The molecule has 146 valence electrons. The van der Waals surface area contributed by atoms with Crippen molar-refractivity contribution in [1.82, 2.24) is 4.90 Å².